The Kier molecular flexibility index (Phi) is 3.94. The molecule has 0 spiro atoms. The zero-order valence-corrected chi connectivity index (χ0v) is 12.5. The Morgan fingerprint density at radius 3 is 2.53 bits per heavy atom. The summed E-state index contributed by atoms with van der Waals surface area (Å²) in [5, 5.41) is 12.2. The van der Waals surface area contributed by atoms with Gasteiger partial charge in [0.15, 0.2) is 0 Å². The predicted molar refractivity (Wildman–Crippen MR) is 74.4 cm³/mol. The van der Waals surface area contributed by atoms with Crippen molar-refractivity contribution in [3.8, 4) is 11.4 Å². The molecule has 0 aliphatic rings. The van der Waals surface area contributed by atoms with Crippen LogP contribution in [0, 0.1) is 0 Å². The number of benzene rings is 1. The fourth-order valence-electron chi connectivity index (χ4n) is 1.58. The Bertz CT molecular complexity index is 578. The van der Waals surface area contributed by atoms with Gasteiger partial charge in [-0.1, -0.05) is 15.9 Å². The van der Waals surface area contributed by atoms with Crippen LogP contribution < -0.4 is 0 Å². The topological polar surface area (TPSA) is 63.9 Å². The molecule has 1 atom stereocenters. The molecule has 2 rings (SSSR count). The smallest absolute Gasteiger partial charge is 0.248 e. The molecule has 0 fully saturated rings. The molecule has 0 saturated carbocycles. The summed E-state index contributed by atoms with van der Waals surface area (Å²) in [6, 6.07) is 7.13. The summed E-state index contributed by atoms with van der Waals surface area (Å²) in [5.74, 6) is 0.436. The number of halogens is 1. The molecule has 1 heterocycles. The van der Waals surface area contributed by atoms with Gasteiger partial charge in [0.05, 0.1) is 0 Å². The minimum Gasteiger partial charge on any atom is -0.347 e. The Morgan fingerprint density at radius 1 is 1.32 bits per heavy atom. The van der Waals surface area contributed by atoms with E-state index in [9.17, 15) is 4.79 Å². The summed E-state index contributed by atoms with van der Waals surface area (Å²) >= 11 is 3.37. The quantitative estimate of drug-likeness (QED) is 0.863. The van der Waals surface area contributed by atoms with E-state index in [1.54, 1.807) is 21.0 Å². The summed E-state index contributed by atoms with van der Waals surface area (Å²) in [6.07, 6.45) is 0. The molecule has 1 amide bonds. The van der Waals surface area contributed by atoms with Crippen LogP contribution in [0.1, 0.15) is 13.0 Å². The van der Waals surface area contributed by atoms with Gasteiger partial charge in [-0.05, 0) is 36.4 Å². The number of aromatic nitrogens is 4. The largest absolute Gasteiger partial charge is 0.347 e. The van der Waals surface area contributed by atoms with E-state index in [-0.39, 0.29) is 5.91 Å². The molecule has 0 bridgehead atoms. The van der Waals surface area contributed by atoms with Crippen molar-refractivity contribution in [2.75, 3.05) is 14.1 Å². The molecular formula is C12H14BrN5O. The van der Waals surface area contributed by atoms with Gasteiger partial charge in [0.2, 0.25) is 11.7 Å². The number of likely N-dealkylation sites (N-methyl/N-ethyl adjacent to an activating group) is 1. The highest BCUT2D eigenvalue weighted by atomic mass is 79.9. The lowest BCUT2D eigenvalue weighted by Gasteiger charge is -2.14. The lowest BCUT2D eigenvalue weighted by molar-refractivity contribution is -0.132. The molecule has 100 valence electrons. The molecule has 0 aliphatic carbocycles. The van der Waals surface area contributed by atoms with Crippen LogP contribution in [0.2, 0.25) is 0 Å². The van der Waals surface area contributed by atoms with Gasteiger partial charge >= 0.3 is 0 Å². The number of hydrogen-bond acceptors (Lipinski definition) is 4. The minimum atomic E-state index is -0.466. The molecule has 7 heteroatoms. The van der Waals surface area contributed by atoms with Crippen LogP contribution in [0.25, 0.3) is 11.4 Å². The van der Waals surface area contributed by atoms with E-state index in [4.69, 9.17) is 0 Å². The van der Waals surface area contributed by atoms with Crippen LogP contribution in [-0.4, -0.2) is 45.1 Å². The fourth-order valence-corrected chi connectivity index (χ4v) is 1.84. The molecule has 0 radical (unpaired) electrons. The Labute approximate surface area is 119 Å². The number of nitrogens with zero attached hydrogens (tertiary/aromatic N) is 5. The maximum atomic E-state index is 11.8. The van der Waals surface area contributed by atoms with E-state index in [2.05, 4.69) is 31.3 Å². The second-order valence-corrected chi connectivity index (χ2v) is 5.26. The van der Waals surface area contributed by atoms with Gasteiger partial charge in [-0.3, -0.25) is 4.79 Å². The van der Waals surface area contributed by atoms with Gasteiger partial charge in [-0.25, -0.2) is 0 Å². The van der Waals surface area contributed by atoms with Gasteiger partial charge < -0.3 is 4.90 Å². The number of tetrazole rings is 1. The lowest BCUT2D eigenvalue weighted by Crippen LogP contribution is -2.31. The molecule has 1 aromatic heterocycles. The number of rotatable bonds is 3. The summed E-state index contributed by atoms with van der Waals surface area (Å²) in [7, 11) is 3.40. The molecule has 2 aromatic rings. The lowest BCUT2D eigenvalue weighted by atomic mass is 10.2. The monoisotopic (exact) mass is 323 g/mol. The second-order valence-electron chi connectivity index (χ2n) is 4.35. The van der Waals surface area contributed by atoms with Gasteiger partial charge in [0, 0.05) is 24.1 Å². The van der Waals surface area contributed by atoms with E-state index in [0.717, 1.165) is 10.0 Å². The second kappa shape index (κ2) is 5.48. The Hall–Kier alpha value is -1.76. The number of carbonyl (C=O) groups is 1. The summed E-state index contributed by atoms with van der Waals surface area (Å²) < 4.78 is 0.986. The van der Waals surface area contributed by atoms with Crippen LogP contribution in [-0.2, 0) is 4.79 Å². The van der Waals surface area contributed by atoms with Crippen molar-refractivity contribution in [3.05, 3.63) is 28.7 Å². The standard InChI is InChI=1S/C12H14BrN5O/c1-8(12(19)17(2)3)18-15-11(14-16-18)9-4-6-10(13)7-5-9/h4-8H,1-3H3. The first-order valence-corrected chi connectivity index (χ1v) is 6.55. The summed E-state index contributed by atoms with van der Waals surface area (Å²) in [5.41, 5.74) is 0.860. The third-order valence-corrected chi connectivity index (χ3v) is 3.20. The summed E-state index contributed by atoms with van der Waals surface area (Å²) in [4.78, 5) is 14.7. The van der Waals surface area contributed by atoms with Crippen molar-refractivity contribution in [2.45, 2.75) is 13.0 Å². The third-order valence-electron chi connectivity index (χ3n) is 2.68. The predicted octanol–water partition coefficient (Wildman–Crippen LogP) is 1.75. The number of carbonyl (C=O) groups excluding carboxylic acids is 1. The Morgan fingerprint density at radius 2 is 1.95 bits per heavy atom. The van der Waals surface area contributed by atoms with Gasteiger partial charge in [-0.2, -0.15) is 4.80 Å². The van der Waals surface area contributed by atoms with Crippen molar-refractivity contribution < 1.29 is 4.79 Å². The fraction of sp³-hybridized carbons (Fsp3) is 0.333. The highest BCUT2D eigenvalue weighted by molar-refractivity contribution is 9.10. The number of hydrogen-bond donors (Lipinski definition) is 0. The highest BCUT2D eigenvalue weighted by Gasteiger charge is 2.20. The maximum Gasteiger partial charge on any atom is 0.248 e. The SMILES string of the molecule is CC(C(=O)N(C)C)n1nnc(-c2ccc(Br)cc2)n1. The first-order chi connectivity index (χ1) is 8.99. The molecule has 1 unspecified atom stereocenters. The van der Waals surface area contributed by atoms with Gasteiger partial charge in [0.25, 0.3) is 0 Å². The van der Waals surface area contributed by atoms with Crippen LogP contribution >= 0.6 is 15.9 Å². The normalized spacial score (nSPS) is 12.2. The van der Waals surface area contributed by atoms with Crippen molar-refractivity contribution in [2.24, 2.45) is 0 Å². The molecule has 6 nitrogen and oxygen atoms in total. The minimum absolute atomic E-state index is 0.0697. The van der Waals surface area contributed by atoms with Gasteiger partial charge in [0.1, 0.15) is 6.04 Å². The third kappa shape index (κ3) is 2.98. The van der Waals surface area contributed by atoms with Crippen molar-refractivity contribution in [1.82, 2.24) is 25.1 Å². The van der Waals surface area contributed by atoms with Crippen molar-refractivity contribution in [1.29, 1.82) is 0 Å². The highest BCUT2D eigenvalue weighted by Crippen LogP contribution is 2.18. The maximum absolute atomic E-state index is 11.8. The zero-order chi connectivity index (χ0) is 14.0. The molecule has 0 aliphatic heterocycles. The van der Waals surface area contributed by atoms with E-state index >= 15 is 0 Å². The van der Waals surface area contributed by atoms with Crippen LogP contribution in [0.4, 0.5) is 0 Å². The molecule has 19 heavy (non-hydrogen) atoms. The van der Waals surface area contributed by atoms with E-state index in [1.165, 1.54) is 9.70 Å². The van der Waals surface area contributed by atoms with Crippen LogP contribution in [0.15, 0.2) is 28.7 Å². The molecule has 0 saturated heterocycles. The summed E-state index contributed by atoms with van der Waals surface area (Å²) in [6.45, 7) is 1.75. The van der Waals surface area contributed by atoms with Crippen molar-refractivity contribution >= 4 is 21.8 Å². The van der Waals surface area contributed by atoms with E-state index < -0.39 is 6.04 Å². The first kappa shape index (κ1) is 13.7. The first-order valence-electron chi connectivity index (χ1n) is 5.75. The molecule has 1 aromatic carbocycles. The molecular weight excluding hydrogens is 310 g/mol. The average molecular weight is 324 g/mol. The van der Waals surface area contributed by atoms with E-state index in [0.29, 0.717) is 5.82 Å². The Balaban J connectivity index is 2.24. The number of amides is 1. The van der Waals surface area contributed by atoms with Gasteiger partial charge in [-0.15, -0.1) is 10.2 Å². The average Bonchev–Trinajstić information content (AvgIpc) is 2.87. The zero-order valence-electron chi connectivity index (χ0n) is 10.9. The van der Waals surface area contributed by atoms with E-state index in [1.807, 2.05) is 24.3 Å². The van der Waals surface area contributed by atoms with Crippen molar-refractivity contribution in [3.63, 3.8) is 0 Å². The van der Waals surface area contributed by atoms with Crippen LogP contribution in [0.3, 0.4) is 0 Å². The molecule has 0 N–H and O–H groups in total. The van der Waals surface area contributed by atoms with Crippen LogP contribution in [0.5, 0.6) is 0 Å².